The standard InChI is InChI=1S/C23H31N5O4S2/c1-23(2,3)32-22(29)26-14-16-7-10-19(33-16)18-13-20(28-21(24)27-18)25-12-11-15-5-8-17(9-6-15)34(4,30)31/h5-10,13,20,25H,11-12,14H2,1-4H3,(H,26,29)(H3,24,27,28). The van der Waals surface area contributed by atoms with Crippen LogP contribution in [0.15, 0.2) is 52.4 Å². The molecule has 2 aromatic rings. The number of amides is 1. The number of ether oxygens (including phenoxy) is 1. The van der Waals surface area contributed by atoms with Gasteiger partial charge in [-0.15, -0.1) is 11.3 Å². The van der Waals surface area contributed by atoms with E-state index in [2.05, 4.69) is 20.9 Å². The Balaban J connectivity index is 1.55. The third-order valence-electron chi connectivity index (χ3n) is 4.72. The number of thiophene rings is 1. The topological polar surface area (TPSA) is 135 Å². The summed E-state index contributed by atoms with van der Waals surface area (Å²) < 4.78 is 28.4. The smallest absolute Gasteiger partial charge is 0.407 e. The molecule has 1 unspecified atom stereocenters. The molecule has 0 aliphatic carbocycles. The maximum atomic E-state index is 11.9. The second-order valence-corrected chi connectivity index (χ2v) is 12.1. The molecule has 0 saturated carbocycles. The Labute approximate surface area is 204 Å². The first-order chi connectivity index (χ1) is 15.9. The first kappa shape index (κ1) is 25.7. The first-order valence-electron chi connectivity index (χ1n) is 10.8. The Morgan fingerprint density at radius 2 is 1.91 bits per heavy atom. The van der Waals surface area contributed by atoms with E-state index in [1.54, 1.807) is 12.1 Å². The molecule has 0 fully saturated rings. The van der Waals surface area contributed by atoms with Crippen molar-refractivity contribution >= 4 is 38.9 Å². The molecule has 184 valence electrons. The predicted molar refractivity (Wildman–Crippen MR) is 135 cm³/mol. The Morgan fingerprint density at radius 1 is 1.21 bits per heavy atom. The maximum Gasteiger partial charge on any atom is 0.407 e. The van der Waals surface area contributed by atoms with Gasteiger partial charge in [-0.1, -0.05) is 12.1 Å². The number of hydrogen-bond acceptors (Lipinski definition) is 9. The van der Waals surface area contributed by atoms with Gasteiger partial charge in [0.1, 0.15) is 11.8 Å². The van der Waals surface area contributed by atoms with Gasteiger partial charge in [-0.05, 0) is 63.1 Å². The second kappa shape index (κ2) is 10.6. The first-order valence-corrected chi connectivity index (χ1v) is 13.5. The molecule has 1 atom stereocenters. The van der Waals surface area contributed by atoms with Gasteiger partial charge in [-0.25, -0.2) is 18.2 Å². The van der Waals surface area contributed by atoms with Crippen molar-refractivity contribution in [2.45, 2.75) is 50.4 Å². The van der Waals surface area contributed by atoms with Crippen LogP contribution in [0.1, 0.15) is 36.1 Å². The van der Waals surface area contributed by atoms with Gasteiger partial charge in [-0.2, -0.15) is 0 Å². The minimum Gasteiger partial charge on any atom is -0.444 e. The zero-order chi connectivity index (χ0) is 24.9. The van der Waals surface area contributed by atoms with E-state index in [-0.39, 0.29) is 6.17 Å². The van der Waals surface area contributed by atoms with Crippen LogP contribution in [-0.2, 0) is 27.5 Å². The molecule has 0 bridgehead atoms. The molecule has 11 heteroatoms. The van der Waals surface area contributed by atoms with Gasteiger partial charge in [0.05, 0.1) is 22.0 Å². The molecule has 1 aromatic carbocycles. The van der Waals surface area contributed by atoms with E-state index in [1.165, 1.54) is 17.6 Å². The van der Waals surface area contributed by atoms with E-state index >= 15 is 0 Å². The summed E-state index contributed by atoms with van der Waals surface area (Å²) in [6.07, 6.45) is 3.12. The highest BCUT2D eigenvalue weighted by molar-refractivity contribution is 7.90. The summed E-state index contributed by atoms with van der Waals surface area (Å²) in [5.41, 5.74) is 7.31. The highest BCUT2D eigenvalue weighted by Gasteiger charge is 2.18. The Morgan fingerprint density at radius 3 is 2.56 bits per heavy atom. The van der Waals surface area contributed by atoms with Crippen LogP contribution >= 0.6 is 11.3 Å². The zero-order valence-electron chi connectivity index (χ0n) is 19.7. The number of nitrogens with zero attached hydrogens (tertiary/aromatic N) is 1. The lowest BCUT2D eigenvalue weighted by Gasteiger charge is -2.20. The molecule has 34 heavy (non-hydrogen) atoms. The van der Waals surface area contributed by atoms with Gasteiger partial charge in [0.2, 0.25) is 0 Å². The fraction of sp³-hybridized carbons (Fsp3) is 0.391. The van der Waals surface area contributed by atoms with Gasteiger partial charge in [0.25, 0.3) is 0 Å². The number of benzene rings is 1. The number of sulfone groups is 1. The maximum absolute atomic E-state index is 11.9. The minimum absolute atomic E-state index is 0.294. The molecule has 1 amide bonds. The predicted octanol–water partition coefficient (Wildman–Crippen LogP) is 2.59. The van der Waals surface area contributed by atoms with Crippen molar-refractivity contribution < 1.29 is 17.9 Å². The van der Waals surface area contributed by atoms with Gasteiger partial charge in [-0.3, -0.25) is 5.32 Å². The van der Waals surface area contributed by atoms with Crippen molar-refractivity contribution in [1.29, 1.82) is 0 Å². The summed E-state index contributed by atoms with van der Waals surface area (Å²) in [5.74, 6) is 0.314. The van der Waals surface area contributed by atoms with Crippen LogP contribution in [0.3, 0.4) is 0 Å². The van der Waals surface area contributed by atoms with Gasteiger partial charge >= 0.3 is 6.09 Å². The van der Waals surface area contributed by atoms with E-state index in [9.17, 15) is 13.2 Å². The van der Waals surface area contributed by atoms with Gasteiger partial charge in [0.15, 0.2) is 15.8 Å². The van der Waals surface area contributed by atoms with Crippen molar-refractivity contribution in [2.75, 3.05) is 12.8 Å². The van der Waals surface area contributed by atoms with Crippen LogP contribution in [0.4, 0.5) is 4.79 Å². The second-order valence-electron chi connectivity index (χ2n) is 8.91. The summed E-state index contributed by atoms with van der Waals surface area (Å²) in [7, 11) is -3.20. The van der Waals surface area contributed by atoms with E-state index in [0.717, 1.165) is 21.0 Å². The number of nitrogens with one attached hydrogen (secondary N) is 3. The molecule has 9 nitrogen and oxygen atoms in total. The summed E-state index contributed by atoms with van der Waals surface area (Å²) in [4.78, 5) is 18.5. The third kappa shape index (κ3) is 7.86. The van der Waals surface area contributed by atoms with E-state index in [0.29, 0.717) is 30.4 Å². The van der Waals surface area contributed by atoms with Crippen molar-refractivity contribution in [3.8, 4) is 0 Å². The average molecular weight is 506 g/mol. The van der Waals surface area contributed by atoms with Crippen molar-refractivity contribution in [2.24, 2.45) is 10.7 Å². The largest absolute Gasteiger partial charge is 0.444 e. The molecule has 1 aliphatic rings. The monoisotopic (exact) mass is 505 g/mol. The van der Waals surface area contributed by atoms with E-state index in [1.807, 2.05) is 51.1 Å². The van der Waals surface area contributed by atoms with Crippen LogP contribution < -0.4 is 21.7 Å². The molecular formula is C23H31N5O4S2. The summed E-state index contributed by atoms with van der Waals surface area (Å²) >= 11 is 1.54. The fourth-order valence-corrected chi connectivity index (χ4v) is 4.72. The average Bonchev–Trinajstić information content (AvgIpc) is 3.20. The zero-order valence-corrected chi connectivity index (χ0v) is 21.3. The lowest BCUT2D eigenvalue weighted by Crippen LogP contribution is -2.40. The lowest BCUT2D eigenvalue weighted by molar-refractivity contribution is 0.0524. The molecule has 1 aromatic heterocycles. The highest BCUT2D eigenvalue weighted by atomic mass is 32.2. The minimum atomic E-state index is -3.20. The van der Waals surface area contributed by atoms with Gasteiger partial charge in [0, 0.05) is 17.7 Å². The number of hydrogen-bond donors (Lipinski definition) is 4. The summed E-state index contributed by atoms with van der Waals surface area (Å²) in [6, 6.07) is 10.8. The molecule has 5 N–H and O–H groups in total. The Bertz CT molecular complexity index is 1180. The number of nitrogens with two attached hydrogens (primary N) is 1. The molecule has 2 heterocycles. The van der Waals surface area contributed by atoms with Gasteiger partial charge < -0.3 is 21.1 Å². The number of carbonyl (C=O) groups is 1. The van der Waals surface area contributed by atoms with Crippen LogP contribution in [-0.4, -0.2) is 45.0 Å². The van der Waals surface area contributed by atoms with Crippen molar-refractivity contribution in [3.05, 3.63) is 57.8 Å². The van der Waals surface area contributed by atoms with Crippen LogP contribution in [0.25, 0.3) is 5.70 Å². The SMILES string of the molecule is CC(C)(C)OC(=O)NCc1ccc(C2=CC(NCCc3ccc(S(C)(=O)=O)cc3)N=C(N)N2)s1. The number of alkyl carbamates (subject to hydrolysis) is 1. The molecule has 0 spiro atoms. The Kier molecular flexibility index (Phi) is 8.01. The normalized spacial score (nSPS) is 16.3. The molecular weight excluding hydrogens is 474 g/mol. The van der Waals surface area contributed by atoms with E-state index < -0.39 is 21.5 Å². The number of guanidine groups is 1. The van der Waals surface area contributed by atoms with Crippen LogP contribution in [0.5, 0.6) is 0 Å². The quantitative estimate of drug-likeness (QED) is 0.433. The van der Waals surface area contributed by atoms with E-state index in [4.69, 9.17) is 10.5 Å². The lowest BCUT2D eigenvalue weighted by atomic mass is 10.1. The molecule has 0 saturated heterocycles. The molecule has 1 aliphatic heterocycles. The van der Waals surface area contributed by atoms with Crippen LogP contribution in [0, 0.1) is 0 Å². The number of rotatable bonds is 8. The number of carbonyl (C=O) groups excluding carboxylic acids is 1. The number of aliphatic imine (C=N–C) groups is 1. The fourth-order valence-electron chi connectivity index (χ4n) is 3.16. The van der Waals surface area contributed by atoms with Crippen molar-refractivity contribution in [1.82, 2.24) is 16.0 Å². The highest BCUT2D eigenvalue weighted by Crippen LogP contribution is 2.24. The summed E-state index contributed by atoms with van der Waals surface area (Å²) in [6.45, 7) is 6.47. The molecule has 0 radical (unpaired) electrons. The Hall–Kier alpha value is -2.89. The van der Waals surface area contributed by atoms with Crippen molar-refractivity contribution in [3.63, 3.8) is 0 Å². The van der Waals surface area contributed by atoms with Crippen LogP contribution in [0.2, 0.25) is 0 Å². The summed E-state index contributed by atoms with van der Waals surface area (Å²) in [5, 5.41) is 9.19. The molecule has 3 rings (SSSR count). The third-order valence-corrected chi connectivity index (χ3v) is 6.96.